The standard InChI is InChI=1S/C22H24ClN3O3/c1-3-25(4-2)22(29)18-12-9-16(14-19(18)23)24-21(28)15-7-10-17(11-8-15)26-13-5-6-20(26)27/h7-12,14H,3-6,13H2,1-2H3,(H,24,28). The first-order chi connectivity index (χ1) is 13.9. The largest absolute Gasteiger partial charge is 0.339 e. The van der Waals surface area contributed by atoms with Crippen LogP contribution in [0.3, 0.4) is 0 Å². The van der Waals surface area contributed by atoms with Gasteiger partial charge < -0.3 is 15.1 Å². The van der Waals surface area contributed by atoms with Gasteiger partial charge in [0.25, 0.3) is 11.8 Å². The lowest BCUT2D eigenvalue weighted by molar-refractivity contribution is -0.117. The van der Waals surface area contributed by atoms with Gasteiger partial charge in [-0.2, -0.15) is 0 Å². The number of hydrogen-bond acceptors (Lipinski definition) is 3. The molecule has 152 valence electrons. The molecule has 7 heteroatoms. The first-order valence-corrected chi connectivity index (χ1v) is 10.1. The van der Waals surface area contributed by atoms with E-state index in [-0.39, 0.29) is 17.7 Å². The van der Waals surface area contributed by atoms with E-state index < -0.39 is 0 Å². The molecular formula is C22H24ClN3O3. The lowest BCUT2D eigenvalue weighted by atomic mass is 10.1. The van der Waals surface area contributed by atoms with Crippen molar-refractivity contribution in [3.63, 3.8) is 0 Å². The van der Waals surface area contributed by atoms with Gasteiger partial charge in [-0.05, 0) is 62.7 Å². The van der Waals surface area contributed by atoms with Crippen molar-refractivity contribution in [3.8, 4) is 0 Å². The molecule has 1 heterocycles. The maximum Gasteiger partial charge on any atom is 0.255 e. The molecule has 0 bridgehead atoms. The quantitative estimate of drug-likeness (QED) is 0.771. The Morgan fingerprint density at radius 2 is 1.79 bits per heavy atom. The van der Waals surface area contributed by atoms with Crippen molar-refractivity contribution in [2.75, 3.05) is 29.9 Å². The maximum atomic E-state index is 12.5. The molecule has 0 atom stereocenters. The van der Waals surface area contributed by atoms with Crippen molar-refractivity contribution in [2.45, 2.75) is 26.7 Å². The highest BCUT2D eigenvalue weighted by molar-refractivity contribution is 6.34. The zero-order chi connectivity index (χ0) is 21.0. The van der Waals surface area contributed by atoms with Crippen molar-refractivity contribution in [1.82, 2.24) is 4.90 Å². The number of hydrogen-bond donors (Lipinski definition) is 1. The van der Waals surface area contributed by atoms with Gasteiger partial charge in [0.2, 0.25) is 5.91 Å². The molecule has 0 aliphatic carbocycles. The van der Waals surface area contributed by atoms with Crippen LogP contribution in [0.1, 0.15) is 47.4 Å². The van der Waals surface area contributed by atoms with Crippen molar-refractivity contribution in [1.29, 1.82) is 0 Å². The molecule has 0 aromatic heterocycles. The average molecular weight is 414 g/mol. The van der Waals surface area contributed by atoms with E-state index in [1.807, 2.05) is 13.8 Å². The van der Waals surface area contributed by atoms with Crippen LogP contribution in [0.2, 0.25) is 5.02 Å². The van der Waals surface area contributed by atoms with Crippen molar-refractivity contribution in [2.24, 2.45) is 0 Å². The van der Waals surface area contributed by atoms with Gasteiger partial charge in [0.15, 0.2) is 0 Å². The average Bonchev–Trinajstić information content (AvgIpc) is 3.15. The molecule has 0 unspecified atom stereocenters. The van der Waals surface area contributed by atoms with Crippen LogP contribution < -0.4 is 10.2 Å². The monoisotopic (exact) mass is 413 g/mol. The predicted octanol–water partition coefficient (Wildman–Crippen LogP) is 4.20. The minimum atomic E-state index is -0.289. The van der Waals surface area contributed by atoms with Crippen LogP contribution in [0, 0.1) is 0 Å². The smallest absolute Gasteiger partial charge is 0.255 e. The molecule has 3 amide bonds. The zero-order valence-corrected chi connectivity index (χ0v) is 17.3. The van der Waals surface area contributed by atoms with Crippen LogP contribution in [-0.4, -0.2) is 42.3 Å². The minimum absolute atomic E-state index is 0.108. The zero-order valence-electron chi connectivity index (χ0n) is 16.6. The molecule has 0 radical (unpaired) electrons. The number of benzene rings is 2. The molecule has 3 rings (SSSR count). The van der Waals surface area contributed by atoms with E-state index >= 15 is 0 Å². The summed E-state index contributed by atoms with van der Waals surface area (Å²) in [6.07, 6.45) is 1.42. The fourth-order valence-electron chi connectivity index (χ4n) is 3.36. The SMILES string of the molecule is CCN(CC)C(=O)c1ccc(NC(=O)c2ccc(N3CCCC3=O)cc2)cc1Cl. The van der Waals surface area contributed by atoms with E-state index in [1.54, 1.807) is 52.3 Å². The number of rotatable bonds is 6. The summed E-state index contributed by atoms with van der Waals surface area (Å²) in [4.78, 5) is 40.3. The molecule has 1 N–H and O–H groups in total. The van der Waals surface area contributed by atoms with Gasteiger partial charge in [-0.3, -0.25) is 14.4 Å². The second-order valence-corrected chi connectivity index (χ2v) is 7.23. The molecule has 1 saturated heterocycles. The van der Waals surface area contributed by atoms with E-state index in [9.17, 15) is 14.4 Å². The number of carbonyl (C=O) groups excluding carboxylic acids is 3. The Kier molecular flexibility index (Phi) is 6.54. The topological polar surface area (TPSA) is 69.7 Å². The van der Waals surface area contributed by atoms with Crippen molar-refractivity contribution < 1.29 is 14.4 Å². The summed E-state index contributed by atoms with van der Waals surface area (Å²) < 4.78 is 0. The third kappa shape index (κ3) is 4.59. The van der Waals surface area contributed by atoms with Gasteiger partial charge in [0.05, 0.1) is 10.6 Å². The lowest BCUT2D eigenvalue weighted by Crippen LogP contribution is -2.30. The summed E-state index contributed by atoms with van der Waals surface area (Å²) in [6, 6.07) is 11.8. The fourth-order valence-corrected chi connectivity index (χ4v) is 3.63. The summed E-state index contributed by atoms with van der Waals surface area (Å²) in [5.41, 5.74) is 2.19. The van der Waals surface area contributed by atoms with E-state index in [1.165, 1.54) is 0 Å². The van der Waals surface area contributed by atoms with Gasteiger partial charge in [0, 0.05) is 43.0 Å². The van der Waals surface area contributed by atoms with Gasteiger partial charge in [0.1, 0.15) is 0 Å². The summed E-state index contributed by atoms with van der Waals surface area (Å²) >= 11 is 6.28. The van der Waals surface area contributed by atoms with Crippen LogP contribution in [0.5, 0.6) is 0 Å². The third-order valence-electron chi connectivity index (χ3n) is 5.02. The Morgan fingerprint density at radius 1 is 1.10 bits per heavy atom. The number of nitrogens with one attached hydrogen (secondary N) is 1. The number of amides is 3. The van der Waals surface area contributed by atoms with Gasteiger partial charge in [-0.25, -0.2) is 0 Å². The summed E-state index contributed by atoms with van der Waals surface area (Å²) in [5, 5.41) is 3.09. The number of nitrogens with zero attached hydrogens (tertiary/aromatic N) is 2. The molecule has 6 nitrogen and oxygen atoms in total. The Labute approximate surface area is 175 Å². The molecule has 1 aliphatic rings. The Bertz CT molecular complexity index is 923. The Hall–Kier alpha value is -2.86. The highest BCUT2D eigenvalue weighted by Crippen LogP contribution is 2.24. The Morgan fingerprint density at radius 3 is 2.34 bits per heavy atom. The molecule has 2 aromatic carbocycles. The van der Waals surface area contributed by atoms with Crippen molar-refractivity contribution in [3.05, 3.63) is 58.6 Å². The molecule has 1 aliphatic heterocycles. The summed E-state index contributed by atoms with van der Waals surface area (Å²) in [6.45, 7) is 5.73. The van der Waals surface area contributed by atoms with Crippen LogP contribution in [0.15, 0.2) is 42.5 Å². The molecule has 0 spiro atoms. The van der Waals surface area contributed by atoms with E-state index in [2.05, 4.69) is 5.32 Å². The third-order valence-corrected chi connectivity index (χ3v) is 5.34. The fraction of sp³-hybridized carbons (Fsp3) is 0.318. The number of carbonyl (C=O) groups is 3. The van der Waals surface area contributed by atoms with Gasteiger partial charge in [-0.1, -0.05) is 11.6 Å². The van der Waals surface area contributed by atoms with E-state index in [0.29, 0.717) is 47.9 Å². The Balaban J connectivity index is 1.70. The maximum absolute atomic E-state index is 12.5. The summed E-state index contributed by atoms with van der Waals surface area (Å²) in [7, 11) is 0. The van der Waals surface area contributed by atoms with Crippen LogP contribution in [0.25, 0.3) is 0 Å². The predicted molar refractivity (Wildman–Crippen MR) is 115 cm³/mol. The molecule has 2 aromatic rings. The lowest BCUT2D eigenvalue weighted by Gasteiger charge is -2.19. The first kappa shape index (κ1) is 20.9. The number of anilines is 2. The molecule has 0 saturated carbocycles. The highest BCUT2D eigenvalue weighted by Gasteiger charge is 2.22. The van der Waals surface area contributed by atoms with Crippen molar-refractivity contribution >= 4 is 40.7 Å². The minimum Gasteiger partial charge on any atom is -0.339 e. The second-order valence-electron chi connectivity index (χ2n) is 6.82. The van der Waals surface area contributed by atoms with Gasteiger partial charge >= 0.3 is 0 Å². The molecule has 1 fully saturated rings. The van der Waals surface area contributed by atoms with E-state index in [4.69, 9.17) is 11.6 Å². The molecule has 29 heavy (non-hydrogen) atoms. The number of halogens is 1. The van der Waals surface area contributed by atoms with Crippen LogP contribution in [-0.2, 0) is 4.79 Å². The summed E-state index contributed by atoms with van der Waals surface area (Å²) in [5.74, 6) is -0.315. The normalized spacial score (nSPS) is 13.5. The second kappa shape index (κ2) is 9.09. The van der Waals surface area contributed by atoms with Gasteiger partial charge in [-0.15, -0.1) is 0 Å². The molecular weight excluding hydrogens is 390 g/mol. The van der Waals surface area contributed by atoms with Crippen LogP contribution >= 0.6 is 11.6 Å². The van der Waals surface area contributed by atoms with E-state index in [0.717, 1.165) is 12.1 Å². The first-order valence-electron chi connectivity index (χ1n) is 9.75. The highest BCUT2D eigenvalue weighted by atomic mass is 35.5. The van der Waals surface area contributed by atoms with Crippen LogP contribution in [0.4, 0.5) is 11.4 Å².